The van der Waals surface area contributed by atoms with Gasteiger partial charge in [-0.2, -0.15) is 0 Å². The number of alkyl halides is 2. The van der Waals surface area contributed by atoms with Crippen molar-refractivity contribution in [3.8, 4) is 0 Å². The molecule has 0 aromatic heterocycles. The first kappa shape index (κ1) is 8.91. The van der Waals surface area contributed by atoms with Crippen LogP contribution in [0.25, 0.3) is 0 Å². The van der Waals surface area contributed by atoms with Gasteiger partial charge in [0.2, 0.25) is 5.92 Å². The largest absolute Gasteiger partial charge is 0.393 e. The summed E-state index contributed by atoms with van der Waals surface area (Å²) in [5.74, 6) is -2.72. The third kappa shape index (κ3) is 2.40. The second kappa shape index (κ2) is 3.05. The third-order valence-corrected chi connectivity index (χ3v) is 2.36. The lowest BCUT2D eigenvalue weighted by Crippen LogP contribution is -2.31. The summed E-state index contributed by atoms with van der Waals surface area (Å²) in [4.78, 5) is 0. The summed E-state index contributed by atoms with van der Waals surface area (Å²) in [6.07, 6.45) is 0.567. The van der Waals surface area contributed by atoms with Gasteiger partial charge < -0.3 is 5.11 Å². The highest BCUT2D eigenvalue weighted by atomic mass is 19.3. The monoisotopic (exact) mass is 164 g/mol. The summed E-state index contributed by atoms with van der Waals surface area (Å²) in [5.41, 5.74) is 0. The van der Waals surface area contributed by atoms with Crippen LogP contribution in [0.4, 0.5) is 8.78 Å². The Balaban J connectivity index is 2.46. The van der Waals surface area contributed by atoms with Crippen LogP contribution in [-0.2, 0) is 0 Å². The summed E-state index contributed by atoms with van der Waals surface area (Å²) in [7, 11) is 0. The summed E-state index contributed by atoms with van der Waals surface area (Å²) >= 11 is 0. The van der Waals surface area contributed by atoms with E-state index < -0.39 is 12.0 Å². The zero-order valence-corrected chi connectivity index (χ0v) is 6.69. The molecule has 2 atom stereocenters. The lowest BCUT2D eigenvalue weighted by atomic mass is 9.83. The van der Waals surface area contributed by atoms with Crippen LogP contribution in [0.5, 0.6) is 0 Å². The molecule has 66 valence electrons. The van der Waals surface area contributed by atoms with Crippen LogP contribution >= 0.6 is 0 Å². The van der Waals surface area contributed by atoms with E-state index in [2.05, 4.69) is 0 Å². The molecule has 0 saturated heterocycles. The first-order valence-corrected chi connectivity index (χ1v) is 4.07. The van der Waals surface area contributed by atoms with Crippen LogP contribution in [0, 0.1) is 5.92 Å². The Morgan fingerprint density at radius 1 is 1.55 bits per heavy atom. The Hall–Kier alpha value is -0.180. The van der Waals surface area contributed by atoms with Crippen LogP contribution in [0.15, 0.2) is 0 Å². The normalized spacial score (nSPS) is 33.3. The zero-order chi connectivity index (χ0) is 8.48. The van der Waals surface area contributed by atoms with E-state index in [-0.39, 0.29) is 18.8 Å². The molecule has 1 fully saturated rings. The Kier molecular flexibility index (Phi) is 2.47. The summed E-state index contributed by atoms with van der Waals surface area (Å²) < 4.78 is 25.4. The lowest BCUT2D eigenvalue weighted by molar-refractivity contribution is -0.0726. The van der Waals surface area contributed by atoms with Gasteiger partial charge in [-0.25, -0.2) is 8.78 Å². The van der Waals surface area contributed by atoms with E-state index in [1.54, 1.807) is 6.92 Å². The summed E-state index contributed by atoms with van der Waals surface area (Å²) in [5, 5.41) is 9.08. The van der Waals surface area contributed by atoms with Crippen LogP contribution < -0.4 is 0 Å². The predicted molar refractivity (Wildman–Crippen MR) is 38.6 cm³/mol. The minimum atomic E-state index is -2.53. The second-order valence-corrected chi connectivity index (χ2v) is 3.45. The zero-order valence-electron chi connectivity index (χ0n) is 6.69. The molecule has 3 heteroatoms. The molecule has 1 aliphatic rings. The molecule has 0 amide bonds. The van der Waals surface area contributed by atoms with Gasteiger partial charge >= 0.3 is 0 Å². The molecule has 2 unspecified atom stereocenters. The standard InChI is InChI=1S/C8H14F2O/c1-6(11)7-3-2-4-8(9,10)5-7/h6-7,11H,2-5H2,1H3. The van der Waals surface area contributed by atoms with Crippen molar-refractivity contribution in [1.82, 2.24) is 0 Å². The van der Waals surface area contributed by atoms with Crippen molar-refractivity contribution in [3.05, 3.63) is 0 Å². The van der Waals surface area contributed by atoms with Crippen molar-refractivity contribution < 1.29 is 13.9 Å². The van der Waals surface area contributed by atoms with E-state index in [9.17, 15) is 8.78 Å². The molecule has 0 radical (unpaired) electrons. The van der Waals surface area contributed by atoms with Gasteiger partial charge in [0.15, 0.2) is 0 Å². The fourth-order valence-electron chi connectivity index (χ4n) is 1.62. The van der Waals surface area contributed by atoms with Crippen molar-refractivity contribution in [2.45, 2.75) is 44.6 Å². The van der Waals surface area contributed by atoms with Crippen LogP contribution in [0.3, 0.4) is 0 Å². The summed E-state index contributed by atoms with van der Waals surface area (Å²) in [6, 6.07) is 0. The summed E-state index contributed by atoms with van der Waals surface area (Å²) in [6.45, 7) is 1.59. The molecule has 0 heterocycles. The van der Waals surface area contributed by atoms with Gasteiger partial charge in [0.25, 0.3) is 0 Å². The van der Waals surface area contributed by atoms with Gasteiger partial charge in [0.1, 0.15) is 0 Å². The molecule has 1 aliphatic carbocycles. The molecular weight excluding hydrogens is 150 g/mol. The second-order valence-electron chi connectivity index (χ2n) is 3.45. The molecule has 0 aliphatic heterocycles. The first-order valence-electron chi connectivity index (χ1n) is 4.07. The number of aliphatic hydroxyl groups excluding tert-OH is 1. The molecule has 1 N–H and O–H groups in total. The quantitative estimate of drug-likeness (QED) is 0.629. The number of hydrogen-bond acceptors (Lipinski definition) is 1. The molecular formula is C8H14F2O. The minimum absolute atomic E-state index is 0.00375. The van der Waals surface area contributed by atoms with Crippen LogP contribution in [0.1, 0.15) is 32.6 Å². The van der Waals surface area contributed by atoms with Gasteiger partial charge in [0, 0.05) is 12.8 Å². The Labute approximate surface area is 65.4 Å². The van der Waals surface area contributed by atoms with Gasteiger partial charge in [-0.15, -0.1) is 0 Å². The van der Waals surface area contributed by atoms with E-state index in [0.29, 0.717) is 6.42 Å². The molecule has 11 heavy (non-hydrogen) atoms. The van der Waals surface area contributed by atoms with Crippen molar-refractivity contribution in [3.63, 3.8) is 0 Å². The van der Waals surface area contributed by atoms with Gasteiger partial charge in [-0.05, 0) is 25.7 Å². The third-order valence-electron chi connectivity index (χ3n) is 2.36. The van der Waals surface area contributed by atoms with Crippen molar-refractivity contribution in [2.24, 2.45) is 5.92 Å². The van der Waals surface area contributed by atoms with Crippen LogP contribution in [-0.4, -0.2) is 17.1 Å². The number of aliphatic hydroxyl groups is 1. The Morgan fingerprint density at radius 2 is 2.18 bits per heavy atom. The predicted octanol–water partition coefficient (Wildman–Crippen LogP) is 2.19. The fraction of sp³-hybridized carbons (Fsp3) is 1.00. The highest BCUT2D eigenvalue weighted by molar-refractivity contribution is 4.80. The topological polar surface area (TPSA) is 20.2 Å². The smallest absolute Gasteiger partial charge is 0.248 e. The highest BCUT2D eigenvalue weighted by Crippen LogP contribution is 2.37. The van der Waals surface area contributed by atoms with Gasteiger partial charge in [0.05, 0.1) is 6.10 Å². The maximum Gasteiger partial charge on any atom is 0.248 e. The van der Waals surface area contributed by atoms with Crippen LogP contribution in [0.2, 0.25) is 0 Å². The number of rotatable bonds is 1. The number of halogens is 2. The minimum Gasteiger partial charge on any atom is -0.393 e. The van der Waals surface area contributed by atoms with Gasteiger partial charge in [-0.1, -0.05) is 0 Å². The molecule has 0 aromatic carbocycles. The SMILES string of the molecule is CC(O)C1CCCC(F)(F)C1. The van der Waals surface area contributed by atoms with Crippen molar-refractivity contribution in [2.75, 3.05) is 0 Å². The van der Waals surface area contributed by atoms with E-state index in [1.165, 1.54) is 0 Å². The lowest BCUT2D eigenvalue weighted by Gasteiger charge is -2.30. The van der Waals surface area contributed by atoms with E-state index in [1.807, 2.05) is 0 Å². The average Bonchev–Trinajstić information content (AvgIpc) is 1.85. The molecule has 0 spiro atoms. The van der Waals surface area contributed by atoms with Crippen molar-refractivity contribution >= 4 is 0 Å². The Bertz CT molecular complexity index is 134. The average molecular weight is 164 g/mol. The maximum absolute atomic E-state index is 12.7. The van der Waals surface area contributed by atoms with E-state index in [0.717, 1.165) is 6.42 Å². The number of hydrogen-bond donors (Lipinski definition) is 1. The van der Waals surface area contributed by atoms with E-state index in [4.69, 9.17) is 5.11 Å². The molecule has 1 rings (SSSR count). The molecule has 0 bridgehead atoms. The Morgan fingerprint density at radius 3 is 2.55 bits per heavy atom. The highest BCUT2D eigenvalue weighted by Gasteiger charge is 2.37. The maximum atomic E-state index is 12.7. The molecule has 1 nitrogen and oxygen atoms in total. The van der Waals surface area contributed by atoms with Crippen molar-refractivity contribution in [1.29, 1.82) is 0 Å². The van der Waals surface area contributed by atoms with Gasteiger partial charge in [-0.3, -0.25) is 0 Å². The molecule has 0 aromatic rings. The fourth-order valence-corrected chi connectivity index (χ4v) is 1.62. The first-order chi connectivity index (χ1) is 5.01. The van der Waals surface area contributed by atoms with E-state index >= 15 is 0 Å². The molecule has 1 saturated carbocycles.